The van der Waals surface area contributed by atoms with Crippen LogP contribution in [0.25, 0.3) is 22.3 Å². The van der Waals surface area contributed by atoms with Gasteiger partial charge in [-0.1, -0.05) is 121 Å². The van der Waals surface area contributed by atoms with E-state index in [2.05, 4.69) is 109 Å². The first-order chi connectivity index (χ1) is 19.4. The normalized spacial score (nSPS) is 16.1. The van der Waals surface area contributed by atoms with Crippen LogP contribution in [0.4, 0.5) is 0 Å². The van der Waals surface area contributed by atoms with Crippen molar-refractivity contribution in [2.45, 2.75) is 6.42 Å². The van der Waals surface area contributed by atoms with Crippen molar-refractivity contribution in [1.82, 2.24) is 0 Å². The van der Waals surface area contributed by atoms with Crippen molar-refractivity contribution in [2.75, 3.05) is 0 Å². The Bertz CT molecular complexity index is 1710. The lowest BCUT2D eigenvalue weighted by Gasteiger charge is -2.00. The van der Waals surface area contributed by atoms with Crippen molar-refractivity contribution >= 4 is 22.8 Å². The largest absolute Gasteiger partial charge is 0.154 e. The van der Waals surface area contributed by atoms with E-state index in [1.807, 2.05) is 12.1 Å². The first-order valence-corrected chi connectivity index (χ1v) is 13.1. The van der Waals surface area contributed by atoms with Crippen molar-refractivity contribution in [2.24, 2.45) is 20.4 Å². The number of hydrogen-bond acceptors (Lipinski definition) is 4. The Morgan fingerprint density at radius 2 is 0.538 bits per heavy atom. The molecule has 0 spiro atoms. The summed E-state index contributed by atoms with van der Waals surface area (Å²) in [6.45, 7) is 0. The maximum atomic E-state index is 4.83. The molecule has 0 N–H and O–H groups in total. The highest BCUT2D eigenvalue weighted by Gasteiger charge is 2.28. The van der Waals surface area contributed by atoms with Gasteiger partial charge in [0.15, 0.2) is 0 Å². The lowest BCUT2D eigenvalue weighted by atomic mass is 10.1. The standard InChI is InChI=1S/C35H22N4/c1-7-17-28-22(11-1)23-12-2-8-18-29(23)34(28)38-36-32-21-33(27-16-6-5-15-26(27)32)37-39-35-30-19-9-3-13-24(30)25-14-4-10-20-31(25)35/h1-20H,21H2/b36-32-,37-33+. The zero-order valence-electron chi connectivity index (χ0n) is 21.0. The minimum absolute atomic E-state index is 0.583. The van der Waals surface area contributed by atoms with E-state index in [4.69, 9.17) is 20.4 Å². The molecule has 3 aliphatic carbocycles. The highest BCUT2D eigenvalue weighted by Crippen LogP contribution is 2.38. The van der Waals surface area contributed by atoms with Crippen LogP contribution in [0.1, 0.15) is 39.8 Å². The summed E-state index contributed by atoms with van der Waals surface area (Å²) in [7, 11) is 0. The Labute approximate surface area is 226 Å². The first kappa shape index (κ1) is 21.8. The third-order valence-electron chi connectivity index (χ3n) is 7.73. The van der Waals surface area contributed by atoms with E-state index in [0.717, 1.165) is 56.2 Å². The molecule has 0 aliphatic heterocycles. The fraction of sp³-hybridized carbons (Fsp3) is 0.0286. The topological polar surface area (TPSA) is 49.4 Å². The molecule has 0 atom stereocenters. The molecule has 39 heavy (non-hydrogen) atoms. The predicted octanol–water partition coefficient (Wildman–Crippen LogP) is 7.53. The second-order valence-electron chi connectivity index (χ2n) is 9.90. The van der Waals surface area contributed by atoms with E-state index in [9.17, 15) is 0 Å². The minimum Gasteiger partial charge on any atom is -0.154 e. The molecule has 4 heteroatoms. The summed E-state index contributed by atoms with van der Waals surface area (Å²) < 4.78 is 0. The van der Waals surface area contributed by atoms with Crippen LogP contribution in [0.15, 0.2) is 142 Å². The van der Waals surface area contributed by atoms with Gasteiger partial charge in [-0.15, -0.1) is 10.2 Å². The average Bonchev–Trinajstić information content (AvgIpc) is 3.63. The second-order valence-corrected chi connectivity index (χ2v) is 9.90. The van der Waals surface area contributed by atoms with E-state index < -0.39 is 0 Å². The van der Waals surface area contributed by atoms with Crippen LogP contribution in [0.3, 0.4) is 0 Å². The highest BCUT2D eigenvalue weighted by atomic mass is 15.2. The Balaban J connectivity index is 1.21. The predicted molar refractivity (Wildman–Crippen MR) is 159 cm³/mol. The minimum atomic E-state index is 0.583. The van der Waals surface area contributed by atoms with Gasteiger partial charge < -0.3 is 0 Å². The van der Waals surface area contributed by atoms with Crippen molar-refractivity contribution in [3.05, 3.63) is 155 Å². The third-order valence-corrected chi connectivity index (χ3v) is 7.73. The zero-order chi connectivity index (χ0) is 25.8. The van der Waals surface area contributed by atoms with Crippen LogP contribution in [-0.4, -0.2) is 22.8 Å². The van der Waals surface area contributed by atoms with Crippen LogP contribution in [-0.2, 0) is 0 Å². The summed E-state index contributed by atoms with van der Waals surface area (Å²) in [5.74, 6) is 0. The molecule has 0 aromatic heterocycles. The van der Waals surface area contributed by atoms with Gasteiger partial charge in [-0.2, -0.15) is 10.2 Å². The molecule has 3 aliphatic rings. The molecular weight excluding hydrogens is 476 g/mol. The fourth-order valence-electron chi connectivity index (χ4n) is 5.94. The molecule has 0 bridgehead atoms. The lowest BCUT2D eigenvalue weighted by Crippen LogP contribution is -2.01. The number of hydrogen-bond donors (Lipinski definition) is 0. The highest BCUT2D eigenvalue weighted by molar-refractivity contribution is 6.29. The molecule has 0 heterocycles. The number of rotatable bonds is 2. The third kappa shape index (κ3) is 3.39. The molecule has 4 nitrogen and oxygen atoms in total. The summed E-state index contributed by atoms with van der Waals surface area (Å²) in [4.78, 5) is 0. The molecule has 0 saturated carbocycles. The van der Waals surface area contributed by atoms with E-state index in [0.29, 0.717) is 6.42 Å². The SMILES string of the molecule is c1ccc2c(c1)C(=N/N=C1/C/C(=N\N=C3c4ccccc4-c4ccccc43)c3ccccc31)c1ccccc1-2. The van der Waals surface area contributed by atoms with Gasteiger partial charge in [0.25, 0.3) is 0 Å². The number of fused-ring (bicyclic) bond motifs is 7. The van der Waals surface area contributed by atoms with Gasteiger partial charge in [0.2, 0.25) is 0 Å². The van der Waals surface area contributed by atoms with Crippen molar-refractivity contribution in [3.8, 4) is 22.3 Å². The zero-order valence-corrected chi connectivity index (χ0v) is 21.0. The first-order valence-electron chi connectivity index (χ1n) is 13.1. The van der Waals surface area contributed by atoms with Crippen LogP contribution in [0.5, 0.6) is 0 Å². The van der Waals surface area contributed by atoms with Gasteiger partial charge in [-0.25, -0.2) is 0 Å². The smallest absolute Gasteiger partial charge is 0.101 e. The molecule has 5 aromatic carbocycles. The van der Waals surface area contributed by atoms with Gasteiger partial charge in [0.05, 0.1) is 11.4 Å². The van der Waals surface area contributed by atoms with Gasteiger partial charge in [0.1, 0.15) is 11.4 Å². The molecule has 182 valence electrons. The molecule has 0 fully saturated rings. The summed E-state index contributed by atoms with van der Waals surface area (Å²) in [6, 6.07) is 41.9. The number of benzene rings is 5. The Kier molecular flexibility index (Phi) is 4.85. The van der Waals surface area contributed by atoms with Gasteiger partial charge in [-0.3, -0.25) is 0 Å². The van der Waals surface area contributed by atoms with E-state index in [1.54, 1.807) is 0 Å². The Morgan fingerprint density at radius 1 is 0.282 bits per heavy atom. The van der Waals surface area contributed by atoms with Gasteiger partial charge >= 0.3 is 0 Å². The van der Waals surface area contributed by atoms with Gasteiger partial charge in [0, 0.05) is 39.8 Å². The van der Waals surface area contributed by atoms with Crippen molar-refractivity contribution < 1.29 is 0 Å². The Hall–Kier alpha value is -5.22. The molecule has 0 unspecified atom stereocenters. The molecule has 8 rings (SSSR count). The van der Waals surface area contributed by atoms with Crippen LogP contribution in [0.2, 0.25) is 0 Å². The van der Waals surface area contributed by atoms with Crippen molar-refractivity contribution in [3.63, 3.8) is 0 Å². The summed E-state index contributed by atoms with van der Waals surface area (Å²) in [5, 5.41) is 19.3. The van der Waals surface area contributed by atoms with Crippen LogP contribution in [0, 0.1) is 0 Å². The number of nitrogens with zero attached hydrogens (tertiary/aromatic N) is 4. The molecule has 0 amide bonds. The Morgan fingerprint density at radius 3 is 0.846 bits per heavy atom. The monoisotopic (exact) mass is 498 g/mol. The van der Waals surface area contributed by atoms with E-state index in [1.165, 1.54) is 22.3 Å². The molecular formula is C35H22N4. The van der Waals surface area contributed by atoms with Crippen LogP contribution < -0.4 is 0 Å². The summed E-state index contributed by atoms with van der Waals surface area (Å²) in [6.07, 6.45) is 0.583. The summed E-state index contributed by atoms with van der Waals surface area (Å²) in [5.41, 5.74) is 15.1. The fourth-order valence-corrected chi connectivity index (χ4v) is 5.94. The molecule has 5 aromatic rings. The molecule has 0 radical (unpaired) electrons. The van der Waals surface area contributed by atoms with Crippen LogP contribution >= 0.6 is 0 Å². The maximum Gasteiger partial charge on any atom is 0.101 e. The average molecular weight is 499 g/mol. The van der Waals surface area contributed by atoms with E-state index in [-0.39, 0.29) is 0 Å². The maximum absolute atomic E-state index is 4.83. The summed E-state index contributed by atoms with van der Waals surface area (Å²) >= 11 is 0. The quantitative estimate of drug-likeness (QED) is 0.221. The van der Waals surface area contributed by atoms with Gasteiger partial charge in [-0.05, 0) is 22.3 Å². The lowest BCUT2D eigenvalue weighted by molar-refractivity contribution is 1.20. The van der Waals surface area contributed by atoms with E-state index >= 15 is 0 Å². The molecule has 0 saturated heterocycles. The second kappa shape index (κ2) is 8.67. The van der Waals surface area contributed by atoms with Crippen molar-refractivity contribution in [1.29, 1.82) is 0 Å².